The number of nitrogens with zero attached hydrogens (tertiary/aromatic N) is 2. The SMILES string of the molecule is CCc1ccc(CN(C)C(=O)CN(C)CCC(=O)O)cc1.Cl. The first-order valence-corrected chi connectivity index (χ1v) is 7.14. The number of aryl methyl sites for hydroxylation is 1. The van der Waals surface area contributed by atoms with E-state index in [1.807, 2.05) is 12.1 Å². The molecule has 124 valence electrons. The molecule has 0 unspecified atom stereocenters. The summed E-state index contributed by atoms with van der Waals surface area (Å²) in [5, 5.41) is 8.62. The van der Waals surface area contributed by atoms with Crippen LogP contribution in [-0.4, -0.2) is 54.0 Å². The second-order valence-corrected chi connectivity index (χ2v) is 5.30. The lowest BCUT2D eigenvalue weighted by molar-refractivity contribution is -0.138. The molecule has 1 N–H and O–H groups in total. The fourth-order valence-corrected chi connectivity index (χ4v) is 1.96. The van der Waals surface area contributed by atoms with Crippen LogP contribution < -0.4 is 0 Å². The van der Waals surface area contributed by atoms with Crippen molar-refractivity contribution in [1.29, 1.82) is 0 Å². The average molecular weight is 329 g/mol. The Morgan fingerprint density at radius 1 is 1.09 bits per heavy atom. The van der Waals surface area contributed by atoms with Crippen molar-refractivity contribution in [2.45, 2.75) is 26.3 Å². The van der Waals surface area contributed by atoms with E-state index in [2.05, 4.69) is 19.1 Å². The lowest BCUT2D eigenvalue weighted by Gasteiger charge is -2.21. The fraction of sp³-hybridized carbons (Fsp3) is 0.500. The van der Waals surface area contributed by atoms with E-state index in [4.69, 9.17) is 5.11 Å². The molecule has 22 heavy (non-hydrogen) atoms. The van der Waals surface area contributed by atoms with Crippen LogP contribution in [0.2, 0.25) is 0 Å². The summed E-state index contributed by atoms with van der Waals surface area (Å²) < 4.78 is 0. The third kappa shape index (κ3) is 7.43. The second kappa shape index (κ2) is 10.2. The van der Waals surface area contributed by atoms with Gasteiger partial charge in [0.25, 0.3) is 0 Å². The molecule has 0 saturated carbocycles. The van der Waals surface area contributed by atoms with E-state index >= 15 is 0 Å². The summed E-state index contributed by atoms with van der Waals surface area (Å²) in [5.74, 6) is -0.860. The molecule has 0 aliphatic heterocycles. The summed E-state index contributed by atoms with van der Waals surface area (Å²) in [6, 6.07) is 8.23. The van der Waals surface area contributed by atoms with E-state index in [1.165, 1.54) is 5.56 Å². The highest BCUT2D eigenvalue weighted by atomic mass is 35.5. The monoisotopic (exact) mass is 328 g/mol. The van der Waals surface area contributed by atoms with Crippen LogP contribution in [0.15, 0.2) is 24.3 Å². The van der Waals surface area contributed by atoms with Crippen LogP contribution in [0.1, 0.15) is 24.5 Å². The fourth-order valence-electron chi connectivity index (χ4n) is 1.96. The van der Waals surface area contributed by atoms with Crippen LogP contribution in [0, 0.1) is 0 Å². The molecule has 0 aliphatic rings. The van der Waals surface area contributed by atoms with Gasteiger partial charge < -0.3 is 10.0 Å². The Morgan fingerprint density at radius 3 is 2.14 bits per heavy atom. The van der Waals surface area contributed by atoms with Gasteiger partial charge in [-0.05, 0) is 24.6 Å². The Bertz CT molecular complexity index is 477. The van der Waals surface area contributed by atoms with Crippen molar-refractivity contribution in [3.05, 3.63) is 35.4 Å². The second-order valence-electron chi connectivity index (χ2n) is 5.30. The van der Waals surface area contributed by atoms with E-state index in [0.29, 0.717) is 13.1 Å². The number of benzene rings is 1. The first-order chi connectivity index (χ1) is 9.92. The number of carboxylic acid groups (broad SMARTS) is 1. The first kappa shape index (κ1) is 20.4. The molecule has 0 aromatic heterocycles. The molecule has 0 heterocycles. The average Bonchev–Trinajstić information content (AvgIpc) is 2.45. The summed E-state index contributed by atoms with van der Waals surface area (Å²) in [7, 11) is 3.52. The molecule has 0 bridgehead atoms. The van der Waals surface area contributed by atoms with Crippen LogP contribution in [0.3, 0.4) is 0 Å². The van der Waals surface area contributed by atoms with Crippen molar-refractivity contribution in [2.24, 2.45) is 0 Å². The van der Waals surface area contributed by atoms with Crippen molar-refractivity contribution < 1.29 is 14.7 Å². The number of aliphatic carboxylic acids is 1. The maximum Gasteiger partial charge on any atom is 0.304 e. The van der Waals surface area contributed by atoms with Crippen LogP contribution in [0.4, 0.5) is 0 Å². The minimum absolute atomic E-state index is 0. The Hall–Kier alpha value is -1.59. The van der Waals surface area contributed by atoms with Crippen LogP contribution >= 0.6 is 12.4 Å². The highest BCUT2D eigenvalue weighted by molar-refractivity contribution is 5.85. The van der Waals surface area contributed by atoms with Crippen molar-refractivity contribution in [1.82, 2.24) is 9.80 Å². The van der Waals surface area contributed by atoms with Gasteiger partial charge in [0.05, 0.1) is 13.0 Å². The normalized spacial score (nSPS) is 10.2. The Morgan fingerprint density at radius 2 is 1.64 bits per heavy atom. The molecule has 0 saturated heterocycles. The number of likely N-dealkylation sites (N-methyl/N-ethyl adjacent to an activating group) is 2. The molecular weight excluding hydrogens is 304 g/mol. The van der Waals surface area contributed by atoms with Crippen molar-refractivity contribution in [3.8, 4) is 0 Å². The van der Waals surface area contributed by atoms with Gasteiger partial charge in [0.2, 0.25) is 5.91 Å². The van der Waals surface area contributed by atoms with Gasteiger partial charge >= 0.3 is 5.97 Å². The Labute approximate surface area is 138 Å². The number of carboxylic acids is 1. The lowest BCUT2D eigenvalue weighted by atomic mass is 10.1. The van der Waals surface area contributed by atoms with Crippen LogP contribution in [0.5, 0.6) is 0 Å². The zero-order valence-electron chi connectivity index (χ0n) is 13.4. The zero-order valence-corrected chi connectivity index (χ0v) is 14.2. The predicted molar refractivity (Wildman–Crippen MR) is 89.3 cm³/mol. The topological polar surface area (TPSA) is 60.9 Å². The molecule has 0 atom stereocenters. The quantitative estimate of drug-likeness (QED) is 0.793. The zero-order chi connectivity index (χ0) is 15.8. The summed E-state index contributed by atoms with van der Waals surface area (Å²) in [5.41, 5.74) is 2.37. The molecule has 1 aromatic rings. The van der Waals surface area contributed by atoms with Gasteiger partial charge in [-0.1, -0.05) is 31.2 Å². The third-order valence-electron chi connectivity index (χ3n) is 3.39. The smallest absolute Gasteiger partial charge is 0.304 e. The molecule has 0 aliphatic carbocycles. The number of hydrogen-bond donors (Lipinski definition) is 1. The molecule has 1 amide bonds. The first-order valence-electron chi connectivity index (χ1n) is 7.14. The molecule has 1 rings (SSSR count). The molecule has 0 spiro atoms. The molecule has 0 fully saturated rings. The Balaban J connectivity index is 0.00000441. The number of hydrogen-bond acceptors (Lipinski definition) is 3. The lowest BCUT2D eigenvalue weighted by Crippen LogP contribution is -2.37. The van der Waals surface area contributed by atoms with Crippen LogP contribution in [0.25, 0.3) is 0 Å². The van der Waals surface area contributed by atoms with Crippen molar-refractivity contribution >= 4 is 24.3 Å². The highest BCUT2D eigenvalue weighted by Gasteiger charge is 2.12. The number of amides is 1. The van der Waals surface area contributed by atoms with E-state index < -0.39 is 5.97 Å². The van der Waals surface area contributed by atoms with E-state index in [-0.39, 0.29) is 31.3 Å². The van der Waals surface area contributed by atoms with Crippen molar-refractivity contribution in [2.75, 3.05) is 27.2 Å². The summed E-state index contributed by atoms with van der Waals surface area (Å²) >= 11 is 0. The minimum atomic E-state index is -0.848. The van der Waals surface area contributed by atoms with Gasteiger partial charge in [0.15, 0.2) is 0 Å². The third-order valence-corrected chi connectivity index (χ3v) is 3.39. The molecule has 0 radical (unpaired) electrons. The highest BCUT2D eigenvalue weighted by Crippen LogP contribution is 2.07. The van der Waals surface area contributed by atoms with E-state index in [9.17, 15) is 9.59 Å². The maximum absolute atomic E-state index is 12.1. The van der Waals surface area contributed by atoms with Gasteiger partial charge in [-0.2, -0.15) is 0 Å². The van der Waals surface area contributed by atoms with Gasteiger partial charge in [-0.15, -0.1) is 12.4 Å². The number of carbonyl (C=O) groups excluding carboxylic acids is 1. The van der Waals surface area contributed by atoms with Crippen molar-refractivity contribution in [3.63, 3.8) is 0 Å². The van der Waals surface area contributed by atoms with Gasteiger partial charge in [-0.25, -0.2) is 0 Å². The van der Waals surface area contributed by atoms with Crippen LogP contribution in [-0.2, 0) is 22.6 Å². The summed E-state index contributed by atoms with van der Waals surface area (Å²) in [4.78, 5) is 26.0. The number of carbonyl (C=O) groups is 2. The predicted octanol–water partition coefficient (Wildman–Crippen LogP) is 2.04. The molecular formula is C16H25ClN2O3. The van der Waals surface area contributed by atoms with E-state index in [0.717, 1.165) is 12.0 Å². The largest absolute Gasteiger partial charge is 0.481 e. The van der Waals surface area contributed by atoms with E-state index in [1.54, 1.807) is 23.9 Å². The number of rotatable bonds is 8. The maximum atomic E-state index is 12.1. The van der Waals surface area contributed by atoms with Gasteiger partial charge in [-0.3, -0.25) is 14.5 Å². The van der Waals surface area contributed by atoms with Gasteiger partial charge in [0, 0.05) is 20.1 Å². The minimum Gasteiger partial charge on any atom is -0.481 e. The summed E-state index contributed by atoms with van der Waals surface area (Å²) in [6.45, 7) is 3.28. The molecule has 5 nitrogen and oxygen atoms in total. The number of halogens is 1. The van der Waals surface area contributed by atoms with Gasteiger partial charge in [0.1, 0.15) is 0 Å². The Kier molecular flexibility index (Phi) is 9.45. The molecule has 6 heteroatoms. The molecule has 1 aromatic carbocycles. The standard InChI is InChI=1S/C16H24N2O3.ClH/c1-4-13-5-7-14(8-6-13)11-18(3)15(19)12-17(2)10-9-16(20)21;/h5-8H,4,9-12H2,1-3H3,(H,20,21);1H. The summed E-state index contributed by atoms with van der Waals surface area (Å²) in [6.07, 6.45) is 1.05.